The van der Waals surface area contributed by atoms with Crippen molar-refractivity contribution in [3.63, 3.8) is 0 Å². The van der Waals surface area contributed by atoms with Crippen LogP contribution in [0.2, 0.25) is 0 Å². The highest BCUT2D eigenvalue weighted by Gasteiger charge is 2.10. The van der Waals surface area contributed by atoms with Crippen molar-refractivity contribution in [3.8, 4) is 11.5 Å². The molecule has 6 heteroatoms. The summed E-state index contributed by atoms with van der Waals surface area (Å²) in [5.41, 5.74) is 2.01. The zero-order valence-corrected chi connectivity index (χ0v) is 17.0. The zero-order valence-electron chi connectivity index (χ0n) is 17.0. The number of hydrogen-bond donors (Lipinski definition) is 0. The summed E-state index contributed by atoms with van der Waals surface area (Å²) < 4.78 is 15.1. The fourth-order valence-corrected chi connectivity index (χ4v) is 2.72. The lowest BCUT2D eigenvalue weighted by Crippen LogP contribution is -2.08. The van der Waals surface area contributed by atoms with Crippen molar-refractivity contribution >= 4 is 23.8 Å². The van der Waals surface area contributed by atoms with Crippen LogP contribution in [0.5, 0.6) is 11.5 Å². The van der Waals surface area contributed by atoms with Gasteiger partial charge in [-0.3, -0.25) is 4.79 Å². The fourth-order valence-electron chi connectivity index (χ4n) is 2.72. The van der Waals surface area contributed by atoms with Crippen LogP contribution in [-0.4, -0.2) is 31.9 Å². The first-order valence-corrected chi connectivity index (χ1v) is 9.37. The van der Waals surface area contributed by atoms with E-state index >= 15 is 0 Å². The van der Waals surface area contributed by atoms with Crippen molar-refractivity contribution in [1.82, 2.24) is 0 Å². The maximum atomic E-state index is 12.4. The summed E-state index contributed by atoms with van der Waals surface area (Å²) in [4.78, 5) is 36.1. The average Bonchev–Trinajstić information content (AvgIpc) is 2.82. The lowest BCUT2D eigenvalue weighted by atomic mass is 10.1. The Balaban J connectivity index is 1.62. The first kappa shape index (κ1) is 21.5. The molecule has 0 atom stereocenters. The number of hydrogen-bond acceptors (Lipinski definition) is 6. The van der Waals surface area contributed by atoms with Crippen LogP contribution >= 0.6 is 0 Å². The molecule has 0 spiro atoms. The van der Waals surface area contributed by atoms with Gasteiger partial charge in [-0.15, -0.1) is 0 Å². The van der Waals surface area contributed by atoms with Crippen LogP contribution in [0.15, 0.2) is 78.9 Å². The smallest absolute Gasteiger partial charge is 0.343 e. The van der Waals surface area contributed by atoms with Crippen molar-refractivity contribution in [2.75, 3.05) is 14.2 Å². The predicted molar refractivity (Wildman–Crippen MR) is 116 cm³/mol. The van der Waals surface area contributed by atoms with E-state index < -0.39 is 11.9 Å². The van der Waals surface area contributed by atoms with Gasteiger partial charge in [-0.1, -0.05) is 24.3 Å². The van der Waals surface area contributed by atoms with Crippen LogP contribution in [0.3, 0.4) is 0 Å². The Kier molecular flexibility index (Phi) is 6.96. The molecular formula is C25H20O6. The average molecular weight is 416 g/mol. The maximum Gasteiger partial charge on any atom is 0.343 e. The van der Waals surface area contributed by atoms with E-state index in [2.05, 4.69) is 4.74 Å². The van der Waals surface area contributed by atoms with Gasteiger partial charge in [-0.25, -0.2) is 9.59 Å². The molecular weight excluding hydrogens is 396 g/mol. The largest absolute Gasteiger partial charge is 0.497 e. The van der Waals surface area contributed by atoms with E-state index in [1.54, 1.807) is 78.9 Å². The molecule has 0 saturated carbocycles. The van der Waals surface area contributed by atoms with Gasteiger partial charge in [-0.05, 0) is 66.2 Å². The monoisotopic (exact) mass is 416 g/mol. The number of carbonyl (C=O) groups excluding carboxylic acids is 3. The van der Waals surface area contributed by atoms with E-state index in [0.29, 0.717) is 28.2 Å². The van der Waals surface area contributed by atoms with Gasteiger partial charge in [0.25, 0.3) is 0 Å². The van der Waals surface area contributed by atoms with Gasteiger partial charge in [0.15, 0.2) is 5.78 Å². The first-order chi connectivity index (χ1) is 15.0. The molecule has 0 heterocycles. The van der Waals surface area contributed by atoms with Gasteiger partial charge in [0.05, 0.1) is 25.3 Å². The maximum absolute atomic E-state index is 12.4. The summed E-state index contributed by atoms with van der Waals surface area (Å²) in [5, 5.41) is 0. The second kappa shape index (κ2) is 10.0. The lowest BCUT2D eigenvalue weighted by molar-refractivity contribution is 0.0600. The molecule has 3 aromatic rings. The van der Waals surface area contributed by atoms with Gasteiger partial charge < -0.3 is 14.2 Å². The Hall–Kier alpha value is -4.19. The Bertz CT molecular complexity index is 1110. The molecule has 156 valence electrons. The van der Waals surface area contributed by atoms with Gasteiger partial charge in [0.2, 0.25) is 0 Å². The van der Waals surface area contributed by atoms with Gasteiger partial charge >= 0.3 is 11.9 Å². The number of allylic oxidation sites excluding steroid dienone is 1. The van der Waals surface area contributed by atoms with Crippen molar-refractivity contribution < 1.29 is 28.6 Å². The Morgan fingerprint density at radius 2 is 1.39 bits per heavy atom. The van der Waals surface area contributed by atoms with E-state index in [-0.39, 0.29) is 5.78 Å². The lowest BCUT2D eigenvalue weighted by Gasteiger charge is -2.06. The van der Waals surface area contributed by atoms with Gasteiger partial charge in [0, 0.05) is 5.56 Å². The number of esters is 2. The number of ketones is 1. The topological polar surface area (TPSA) is 78.9 Å². The molecule has 0 aromatic heterocycles. The third-order valence-electron chi connectivity index (χ3n) is 4.41. The number of carbonyl (C=O) groups is 3. The number of benzene rings is 3. The second-order valence-electron chi connectivity index (χ2n) is 6.46. The SMILES string of the molecule is COC(=O)c1ccc(/C=C/C(=O)c2ccc(OC(=O)c3cccc(OC)c3)cc2)cc1. The second-order valence-corrected chi connectivity index (χ2v) is 6.46. The van der Waals surface area contributed by atoms with Crippen LogP contribution in [0, 0.1) is 0 Å². The molecule has 0 fully saturated rings. The third-order valence-corrected chi connectivity index (χ3v) is 4.41. The first-order valence-electron chi connectivity index (χ1n) is 9.37. The molecule has 31 heavy (non-hydrogen) atoms. The van der Waals surface area contributed by atoms with Crippen LogP contribution < -0.4 is 9.47 Å². The summed E-state index contributed by atoms with van der Waals surface area (Å²) >= 11 is 0. The molecule has 0 unspecified atom stereocenters. The quantitative estimate of drug-likeness (QED) is 0.242. The fraction of sp³-hybridized carbons (Fsp3) is 0.0800. The minimum atomic E-state index is -0.520. The molecule has 0 radical (unpaired) electrons. The molecule has 3 aromatic carbocycles. The molecule has 0 aliphatic carbocycles. The molecule has 0 aliphatic rings. The summed E-state index contributed by atoms with van der Waals surface area (Å²) in [6, 6.07) is 19.6. The van der Waals surface area contributed by atoms with Gasteiger partial charge in [-0.2, -0.15) is 0 Å². The van der Waals surface area contributed by atoms with Crippen molar-refractivity contribution in [2.24, 2.45) is 0 Å². The highest BCUT2D eigenvalue weighted by molar-refractivity contribution is 6.07. The summed E-state index contributed by atoms with van der Waals surface area (Å²) in [7, 11) is 2.84. The summed E-state index contributed by atoms with van der Waals surface area (Å²) in [6.45, 7) is 0. The Morgan fingerprint density at radius 1 is 0.710 bits per heavy atom. The molecule has 0 amide bonds. The van der Waals surface area contributed by atoms with Crippen molar-refractivity contribution in [3.05, 3.63) is 101 Å². The Morgan fingerprint density at radius 3 is 2.03 bits per heavy atom. The van der Waals surface area contributed by atoms with Gasteiger partial charge in [0.1, 0.15) is 11.5 Å². The molecule has 0 N–H and O–H groups in total. The highest BCUT2D eigenvalue weighted by atomic mass is 16.5. The molecule has 3 rings (SSSR count). The zero-order chi connectivity index (χ0) is 22.2. The van der Waals surface area contributed by atoms with E-state index in [4.69, 9.17) is 9.47 Å². The normalized spacial score (nSPS) is 10.5. The predicted octanol–water partition coefficient (Wildman–Crippen LogP) is 4.60. The van der Waals surface area contributed by atoms with Crippen LogP contribution in [0.25, 0.3) is 6.08 Å². The standard InChI is InChI=1S/C25H20O6/c1-29-22-5-3-4-20(16-22)25(28)31-21-13-11-18(12-14-21)23(26)15-8-17-6-9-19(10-7-17)24(27)30-2/h3-16H,1-2H3/b15-8+. The molecule has 6 nitrogen and oxygen atoms in total. The van der Waals surface area contributed by atoms with E-state index in [0.717, 1.165) is 5.56 Å². The van der Waals surface area contributed by atoms with Crippen LogP contribution in [0.4, 0.5) is 0 Å². The number of ether oxygens (including phenoxy) is 3. The Labute approximate surface area is 179 Å². The highest BCUT2D eigenvalue weighted by Crippen LogP contribution is 2.18. The summed E-state index contributed by atoms with van der Waals surface area (Å²) in [5.74, 6) is -0.261. The minimum absolute atomic E-state index is 0.206. The number of methoxy groups -OCH3 is 2. The molecule has 0 bridgehead atoms. The summed E-state index contributed by atoms with van der Waals surface area (Å²) in [6.07, 6.45) is 3.09. The van der Waals surface area contributed by atoms with E-state index in [9.17, 15) is 14.4 Å². The van der Waals surface area contributed by atoms with Crippen molar-refractivity contribution in [1.29, 1.82) is 0 Å². The third kappa shape index (κ3) is 5.67. The van der Waals surface area contributed by atoms with E-state index in [1.165, 1.54) is 20.3 Å². The van der Waals surface area contributed by atoms with Crippen molar-refractivity contribution in [2.45, 2.75) is 0 Å². The minimum Gasteiger partial charge on any atom is -0.497 e. The van der Waals surface area contributed by atoms with Crippen LogP contribution in [-0.2, 0) is 4.74 Å². The number of rotatable bonds is 7. The molecule has 0 aliphatic heterocycles. The van der Waals surface area contributed by atoms with E-state index in [1.807, 2.05) is 0 Å². The molecule has 0 saturated heterocycles. The van der Waals surface area contributed by atoms with Crippen LogP contribution in [0.1, 0.15) is 36.6 Å².